The van der Waals surface area contributed by atoms with E-state index in [1.807, 2.05) is 26.0 Å². The van der Waals surface area contributed by atoms with Crippen molar-refractivity contribution in [3.05, 3.63) is 24.3 Å². The minimum absolute atomic E-state index is 0.0229. The Morgan fingerprint density at radius 3 is 2.46 bits per heavy atom. The predicted molar refractivity (Wildman–Crippen MR) is 155 cm³/mol. The van der Waals surface area contributed by atoms with Gasteiger partial charge < -0.3 is 25.4 Å². The first-order valence-electron chi connectivity index (χ1n) is 14.5. The summed E-state index contributed by atoms with van der Waals surface area (Å²) >= 11 is 1.66. The lowest BCUT2D eigenvalue weighted by molar-refractivity contribution is -0.142. The molecule has 3 heterocycles. The highest BCUT2D eigenvalue weighted by Crippen LogP contribution is 2.69. The Bertz CT molecular complexity index is 1050. The number of benzene rings is 1. The predicted octanol–water partition coefficient (Wildman–Crippen LogP) is 4.07. The van der Waals surface area contributed by atoms with Crippen LogP contribution in [0.5, 0.6) is 5.75 Å². The van der Waals surface area contributed by atoms with Crippen LogP contribution in [0.3, 0.4) is 0 Å². The minimum Gasteiger partial charge on any atom is -0.494 e. The van der Waals surface area contributed by atoms with E-state index in [1.165, 1.54) is 0 Å². The van der Waals surface area contributed by atoms with Crippen molar-refractivity contribution in [3.63, 3.8) is 0 Å². The number of aliphatic hydroxyl groups excluding tert-OH is 1. The molecular formula is C30H45N3O5S. The van der Waals surface area contributed by atoms with Gasteiger partial charge in [-0.05, 0) is 69.2 Å². The van der Waals surface area contributed by atoms with Crippen LogP contribution >= 0.6 is 11.8 Å². The maximum atomic E-state index is 14.3. The molecule has 3 aliphatic rings. The van der Waals surface area contributed by atoms with Gasteiger partial charge in [-0.2, -0.15) is 0 Å². The van der Waals surface area contributed by atoms with Gasteiger partial charge in [-0.3, -0.25) is 14.4 Å². The van der Waals surface area contributed by atoms with Gasteiger partial charge in [-0.25, -0.2) is 0 Å². The number of likely N-dealkylation sites (tertiary alicyclic amines) is 1. The number of ether oxygens (including phenoxy) is 1. The molecule has 8 nitrogen and oxygen atoms in total. The quantitative estimate of drug-likeness (QED) is 0.356. The molecule has 1 spiro atoms. The summed E-state index contributed by atoms with van der Waals surface area (Å²) in [5, 5.41) is 16.6. The van der Waals surface area contributed by atoms with Crippen LogP contribution in [-0.4, -0.2) is 69.1 Å². The number of anilines is 1. The summed E-state index contributed by atoms with van der Waals surface area (Å²) in [6.45, 7) is 12.6. The zero-order valence-electron chi connectivity index (χ0n) is 24.1. The number of nitrogens with zero attached hydrogens (tertiary/aromatic N) is 1. The summed E-state index contributed by atoms with van der Waals surface area (Å²) < 4.78 is 4.81. The van der Waals surface area contributed by atoms with Gasteiger partial charge in [0.15, 0.2) is 0 Å². The molecule has 9 heteroatoms. The lowest BCUT2D eigenvalue weighted by Gasteiger charge is -2.40. The highest BCUT2D eigenvalue weighted by atomic mass is 32.2. The molecule has 2 bridgehead atoms. The molecule has 216 valence electrons. The van der Waals surface area contributed by atoms with E-state index in [1.54, 1.807) is 28.8 Å². The Kier molecular flexibility index (Phi) is 9.21. The molecule has 39 heavy (non-hydrogen) atoms. The van der Waals surface area contributed by atoms with Crippen molar-refractivity contribution >= 4 is 35.2 Å². The number of carbonyl (C=O) groups is 3. The third-order valence-electron chi connectivity index (χ3n) is 8.63. The molecule has 3 saturated heterocycles. The SMILES string of the molecule is CCCC(C)NC(=O)C1N([C@@H](CO)CC(C)C)C(=O)[C@@H]2[C@@H](C(=O)Nc3ccc(OCC)cc3)[C@H]3CC(C)C12S3. The minimum atomic E-state index is -0.724. The molecule has 3 N–H and O–H groups in total. The molecule has 0 radical (unpaired) electrons. The highest BCUT2D eigenvalue weighted by Gasteiger charge is 2.76. The van der Waals surface area contributed by atoms with Crippen molar-refractivity contribution in [3.8, 4) is 5.75 Å². The van der Waals surface area contributed by atoms with E-state index in [9.17, 15) is 19.5 Å². The summed E-state index contributed by atoms with van der Waals surface area (Å²) in [6.07, 6.45) is 3.14. The molecule has 3 amide bonds. The van der Waals surface area contributed by atoms with E-state index >= 15 is 0 Å². The van der Waals surface area contributed by atoms with E-state index < -0.39 is 28.7 Å². The monoisotopic (exact) mass is 559 g/mol. The van der Waals surface area contributed by atoms with Crippen LogP contribution in [0.4, 0.5) is 5.69 Å². The summed E-state index contributed by atoms with van der Waals surface area (Å²) in [5.74, 6) is -0.643. The number of fused-ring (bicyclic) bond motifs is 1. The number of thioether (sulfide) groups is 1. The van der Waals surface area contributed by atoms with Gasteiger partial charge in [0.2, 0.25) is 17.7 Å². The fourth-order valence-electron chi connectivity index (χ4n) is 7.13. The lowest BCUT2D eigenvalue weighted by Crippen LogP contribution is -2.59. The number of nitrogens with one attached hydrogen (secondary N) is 2. The van der Waals surface area contributed by atoms with Crippen molar-refractivity contribution in [1.29, 1.82) is 0 Å². The standard InChI is InChI=1S/C30H45N3O5S/c1-7-9-19(6)31-28(36)26-30-18(5)15-23(39-30)24(25(30)29(37)33(26)21(16-34)14-17(3)4)27(35)32-20-10-12-22(13-11-20)38-8-2/h10-13,17-19,21,23-26,34H,7-9,14-16H2,1-6H3,(H,31,36)(H,32,35)/t18?,19?,21-,23-,24+,25+,26?,30?/m1/s1. The van der Waals surface area contributed by atoms with Crippen LogP contribution in [0.25, 0.3) is 0 Å². The Morgan fingerprint density at radius 1 is 1.18 bits per heavy atom. The van der Waals surface area contributed by atoms with Crippen molar-refractivity contribution in [1.82, 2.24) is 10.2 Å². The normalized spacial score (nSPS) is 30.8. The van der Waals surface area contributed by atoms with E-state index in [0.29, 0.717) is 18.7 Å². The van der Waals surface area contributed by atoms with Crippen LogP contribution in [0.2, 0.25) is 0 Å². The maximum absolute atomic E-state index is 14.3. The van der Waals surface area contributed by atoms with E-state index in [-0.39, 0.29) is 47.5 Å². The van der Waals surface area contributed by atoms with Crippen LogP contribution < -0.4 is 15.4 Å². The number of aliphatic hydroxyl groups is 1. The fourth-order valence-corrected chi connectivity index (χ4v) is 9.53. The first-order valence-corrected chi connectivity index (χ1v) is 15.4. The van der Waals surface area contributed by atoms with Gasteiger partial charge >= 0.3 is 0 Å². The first kappa shape index (κ1) is 29.7. The molecule has 8 atom stereocenters. The van der Waals surface area contributed by atoms with Gasteiger partial charge in [0.1, 0.15) is 11.8 Å². The second-order valence-corrected chi connectivity index (χ2v) is 13.5. The van der Waals surface area contributed by atoms with Crippen LogP contribution in [-0.2, 0) is 14.4 Å². The van der Waals surface area contributed by atoms with Crippen molar-refractivity contribution in [2.45, 2.75) is 95.3 Å². The number of amides is 3. The molecule has 0 saturated carbocycles. The Labute approximate surface area is 237 Å². The highest BCUT2D eigenvalue weighted by molar-refractivity contribution is 8.02. The second kappa shape index (κ2) is 12.1. The third-order valence-corrected chi connectivity index (χ3v) is 10.7. The van der Waals surface area contributed by atoms with Crippen LogP contribution in [0.15, 0.2) is 24.3 Å². The van der Waals surface area contributed by atoms with E-state index in [0.717, 1.165) is 25.0 Å². The average Bonchev–Trinajstić information content (AvgIpc) is 3.47. The van der Waals surface area contributed by atoms with Gasteiger partial charge in [0.05, 0.1) is 35.8 Å². The zero-order valence-corrected chi connectivity index (χ0v) is 24.9. The number of carbonyl (C=O) groups excluding carboxylic acids is 3. The Balaban J connectivity index is 1.68. The van der Waals surface area contributed by atoms with E-state index in [4.69, 9.17) is 4.74 Å². The van der Waals surface area contributed by atoms with Gasteiger partial charge in [0.25, 0.3) is 0 Å². The van der Waals surface area contributed by atoms with E-state index in [2.05, 4.69) is 38.3 Å². The zero-order chi connectivity index (χ0) is 28.5. The molecular weight excluding hydrogens is 514 g/mol. The molecule has 4 rings (SSSR count). The summed E-state index contributed by atoms with van der Waals surface area (Å²) in [4.78, 5) is 43.8. The van der Waals surface area contributed by atoms with Crippen LogP contribution in [0.1, 0.15) is 67.2 Å². The number of rotatable bonds is 12. The van der Waals surface area contributed by atoms with Crippen molar-refractivity contribution < 1.29 is 24.2 Å². The maximum Gasteiger partial charge on any atom is 0.244 e. The van der Waals surface area contributed by atoms with Gasteiger partial charge in [-0.1, -0.05) is 34.1 Å². The van der Waals surface area contributed by atoms with Crippen molar-refractivity contribution in [2.75, 3.05) is 18.5 Å². The molecule has 1 aromatic carbocycles. The summed E-state index contributed by atoms with van der Waals surface area (Å²) in [7, 11) is 0. The first-order chi connectivity index (χ1) is 18.6. The fraction of sp³-hybridized carbons (Fsp3) is 0.700. The summed E-state index contributed by atoms with van der Waals surface area (Å²) in [6, 6.07) is 6.02. The Morgan fingerprint density at radius 2 is 1.87 bits per heavy atom. The average molecular weight is 560 g/mol. The molecule has 3 fully saturated rings. The van der Waals surface area contributed by atoms with Crippen molar-refractivity contribution in [2.24, 2.45) is 23.7 Å². The lowest BCUT2D eigenvalue weighted by atomic mass is 9.65. The van der Waals surface area contributed by atoms with Gasteiger partial charge in [-0.15, -0.1) is 11.8 Å². The molecule has 0 aromatic heterocycles. The molecule has 4 unspecified atom stereocenters. The Hall–Kier alpha value is -2.26. The number of hydrogen-bond acceptors (Lipinski definition) is 6. The molecule has 1 aromatic rings. The topological polar surface area (TPSA) is 108 Å². The molecule has 0 aliphatic carbocycles. The van der Waals surface area contributed by atoms with Crippen LogP contribution in [0, 0.1) is 23.7 Å². The van der Waals surface area contributed by atoms with Gasteiger partial charge in [0, 0.05) is 17.0 Å². The summed E-state index contributed by atoms with van der Waals surface area (Å²) in [5.41, 5.74) is 0.649. The third kappa shape index (κ3) is 5.41. The molecule has 3 aliphatic heterocycles. The largest absolute Gasteiger partial charge is 0.494 e. The second-order valence-electron chi connectivity index (χ2n) is 11.9. The number of hydrogen-bond donors (Lipinski definition) is 3. The smallest absolute Gasteiger partial charge is 0.244 e.